The zero-order valence-electron chi connectivity index (χ0n) is 23.8. The molecule has 1 amide bonds. The van der Waals surface area contributed by atoms with Crippen LogP contribution >= 0.6 is 0 Å². The number of rotatable bonds is 7. The van der Waals surface area contributed by atoms with Crippen LogP contribution in [0, 0.1) is 18.3 Å². The highest BCUT2D eigenvalue weighted by Gasteiger charge is 2.19. The number of phenols is 1. The molecule has 6 heteroatoms. The number of anilines is 1. The summed E-state index contributed by atoms with van der Waals surface area (Å²) < 4.78 is 0. The van der Waals surface area contributed by atoms with E-state index in [1.165, 1.54) is 17.5 Å². The van der Waals surface area contributed by atoms with Gasteiger partial charge in [0.2, 0.25) is 0 Å². The number of benzene rings is 2. The van der Waals surface area contributed by atoms with Crippen LogP contribution in [0.5, 0.6) is 5.75 Å². The number of β-amino-alcohol motifs (C(OH)–C–C–N with tert-alkyl or cyclic N) is 1. The molecule has 3 rings (SSSR count). The van der Waals surface area contributed by atoms with Gasteiger partial charge in [0.15, 0.2) is 0 Å². The number of carbonyl (C=O) groups is 1. The summed E-state index contributed by atoms with van der Waals surface area (Å²) >= 11 is 0. The number of aliphatic hydroxyl groups is 1. The molecule has 1 atom stereocenters. The largest absolute Gasteiger partial charge is 0.508 e. The molecule has 37 heavy (non-hydrogen) atoms. The first-order chi connectivity index (χ1) is 17.4. The molecule has 0 bridgehead atoms. The number of aryl methyl sites for hydroxylation is 2. The molecular formula is C31H47N3O3. The standard InChI is InChI=1S/C17H23N3O2.C9H12O.C5H12/c1-12(2)9-16(18)17(22)19-14-5-3-13(4-6-14)10-20-8-7-15(21)11-20;1-3-8-6-9(10)5-4-7(8)2;1-4-5(2)3/h3-6,9,15,18,21H,7-8,10-11H2,1-2H3,(H,19,22);4-6,10H,3H2,1-2H3;5H,4H2,1-3H3. The number of hydrogen-bond donors (Lipinski definition) is 4. The molecular weight excluding hydrogens is 462 g/mol. The minimum Gasteiger partial charge on any atom is -0.508 e. The summed E-state index contributed by atoms with van der Waals surface area (Å²) in [6.45, 7) is 16.9. The summed E-state index contributed by atoms with van der Waals surface area (Å²) in [6.07, 6.45) is 4.46. The molecule has 1 saturated heterocycles. The highest BCUT2D eigenvalue weighted by molar-refractivity contribution is 6.46. The summed E-state index contributed by atoms with van der Waals surface area (Å²) in [5, 5.41) is 29.0. The molecule has 0 spiro atoms. The lowest BCUT2D eigenvalue weighted by Gasteiger charge is -2.15. The van der Waals surface area contributed by atoms with Gasteiger partial charge in [0, 0.05) is 25.3 Å². The van der Waals surface area contributed by atoms with E-state index in [-0.39, 0.29) is 11.8 Å². The zero-order chi connectivity index (χ0) is 28.0. The number of hydrogen-bond acceptors (Lipinski definition) is 5. The smallest absolute Gasteiger partial charge is 0.273 e. The van der Waals surface area contributed by atoms with E-state index >= 15 is 0 Å². The molecule has 1 fully saturated rings. The number of likely N-dealkylation sites (tertiary alicyclic amines) is 1. The van der Waals surface area contributed by atoms with Crippen molar-refractivity contribution in [2.75, 3.05) is 18.4 Å². The van der Waals surface area contributed by atoms with Crippen molar-refractivity contribution in [3.05, 3.63) is 70.8 Å². The predicted molar refractivity (Wildman–Crippen MR) is 155 cm³/mol. The Hall–Kier alpha value is -2.96. The van der Waals surface area contributed by atoms with Crippen LogP contribution in [0.4, 0.5) is 5.69 Å². The van der Waals surface area contributed by atoms with Gasteiger partial charge in [-0.2, -0.15) is 0 Å². The number of allylic oxidation sites excluding steroid dienone is 1. The van der Waals surface area contributed by atoms with E-state index < -0.39 is 5.91 Å². The van der Waals surface area contributed by atoms with Gasteiger partial charge in [0.1, 0.15) is 11.5 Å². The maximum atomic E-state index is 11.8. The Bertz CT molecular complexity index is 1010. The molecule has 1 aliphatic rings. The third-order valence-electron chi connectivity index (χ3n) is 6.07. The summed E-state index contributed by atoms with van der Waals surface area (Å²) in [5.41, 5.74) is 5.17. The van der Waals surface area contributed by atoms with Gasteiger partial charge in [-0.15, -0.1) is 0 Å². The van der Waals surface area contributed by atoms with Crippen molar-refractivity contribution in [2.45, 2.75) is 80.4 Å². The van der Waals surface area contributed by atoms with Crippen molar-refractivity contribution in [3.8, 4) is 5.75 Å². The number of nitrogens with zero attached hydrogens (tertiary/aromatic N) is 1. The average Bonchev–Trinajstić information content (AvgIpc) is 3.26. The Morgan fingerprint density at radius 2 is 1.78 bits per heavy atom. The molecule has 1 unspecified atom stereocenters. The molecule has 0 aliphatic carbocycles. The molecule has 1 aliphatic heterocycles. The van der Waals surface area contributed by atoms with Crippen molar-refractivity contribution < 1.29 is 15.0 Å². The second-order valence-corrected chi connectivity index (χ2v) is 10.2. The highest BCUT2D eigenvalue weighted by atomic mass is 16.3. The Balaban J connectivity index is 0.000000375. The lowest BCUT2D eigenvalue weighted by molar-refractivity contribution is -0.110. The van der Waals surface area contributed by atoms with Gasteiger partial charge in [-0.3, -0.25) is 15.1 Å². The van der Waals surface area contributed by atoms with E-state index in [4.69, 9.17) is 10.5 Å². The minimum absolute atomic E-state index is 0.0462. The molecule has 4 N–H and O–H groups in total. The first-order valence-electron chi connectivity index (χ1n) is 13.3. The monoisotopic (exact) mass is 509 g/mol. The van der Waals surface area contributed by atoms with Crippen molar-refractivity contribution in [1.82, 2.24) is 4.90 Å². The van der Waals surface area contributed by atoms with Gasteiger partial charge in [-0.05, 0) is 86.6 Å². The number of amides is 1. The Morgan fingerprint density at radius 1 is 1.16 bits per heavy atom. The number of aliphatic hydroxyl groups excluding tert-OH is 1. The van der Waals surface area contributed by atoms with Crippen LogP contribution in [-0.2, 0) is 17.8 Å². The molecule has 1 heterocycles. The van der Waals surface area contributed by atoms with Gasteiger partial charge < -0.3 is 15.5 Å². The van der Waals surface area contributed by atoms with Crippen molar-refractivity contribution >= 4 is 17.3 Å². The maximum Gasteiger partial charge on any atom is 0.273 e. The number of nitrogens with one attached hydrogen (secondary N) is 2. The van der Waals surface area contributed by atoms with Crippen molar-refractivity contribution in [1.29, 1.82) is 5.41 Å². The molecule has 0 aromatic heterocycles. The van der Waals surface area contributed by atoms with Crippen molar-refractivity contribution in [2.24, 2.45) is 5.92 Å². The van der Waals surface area contributed by atoms with E-state index in [1.807, 2.05) is 50.2 Å². The third kappa shape index (κ3) is 13.2. The second kappa shape index (κ2) is 16.7. The highest BCUT2D eigenvalue weighted by Crippen LogP contribution is 2.16. The summed E-state index contributed by atoms with van der Waals surface area (Å²) in [6, 6.07) is 13.1. The molecule has 2 aromatic carbocycles. The summed E-state index contributed by atoms with van der Waals surface area (Å²) in [4.78, 5) is 14.0. The quantitative estimate of drug-likeness (QED) is 0.321. The molecule has 0 saturated carbocycles. The molecule has 6 nitrogen and oxygen atoms in total. The van der Waals surface area contributed by atoms with Gasteiger partial charge in [-0.25, -0.2) is 0 Å². The fourth-order valence-corrected chi connectivity index (χ4v) is 3.50. The fourth-order valence-electron chi connectivity index (χ4n) is 3.50. The van der Waals surface area contributed by atoms with E-state index in [0.717, 1.165) is 49.5 Å². The van der Waals surface area contributed by atoms with Gasteiger partial charge in [0.05, 0.1) is 6.10 Å². The van der Waals surface area contributed by atoms with E-state index in [1.54, 1.807) is 12.1 Å². The van der Waals surface area contributed by atoms with Crippen LogP contribution in [0.15, 0.2) is 54.1 Å². The van der Waals surface area contributed by atoms with E-state index in [2.05, 4.69) is 44.8 Å². The number of carbonyl (C=O) groups excluding carboxylic acids is 1. The van der Waals surface area contributed by atoms with Gasteiger partial charge >= 0.3 is 0 Å². The first kappa shape index (κ1) is 32.1. The average molecular weight is 510 g/mol. The Kier molecular flexibility index (Phi) is 14.5. The van der Waals surface area contributed by atoms with E-state index in [9.17, 15) is 9.90 Å². The zero-order valence-corrected chi connectivity index (χ0v) is 23.8. The summed E-state index contributed by atoms with van der Waals surface area (Å²) in [7, 11) is 0. The molecule has 204 valence electrons. The van der Waals surface area contributed by atoms with Crippen LogP contribution in [-0.4, -0.2) is 45.9 Å². The van der Waals surface area contributed by atoms with E-state index in [0.29, 0.717) is 11.4 Å². The normalized spacial score (nSPS) is 14.7. The maximum absolute atomic E-state index is 11.8. The second-order valence-electron chi connectivity index (χ2n) is 10.2. The van der Waals surface area contributed by atoms with Gasteiger partial charge in [0.25, 0.3) is 5.91 Å². The summed E-state index contributed by atoms with van der Waals surface area (Å²) in [5.74, 6) is 0.842. The van der Waals surface area contributed by atoms with Crippen LogP contribution < -0.4 is 5.32 Å². The first-order valence-corrected chi connectivity index (χ1v) is 13.3. The third-order valence-corrected chi connectivity index (χ3v) is 6.07. The number of aromatic hydroxyl groups is 1. The lowest BCUT2D eigenvalue weighted by atomic mass is 10.1. The number of phenolic OH excluding ortho intramolecular Hbond substituents is 1. The Labute approximate surface area is 223 Å². The predicted octanol–water partition coefficient (Wildman–Crippen LogP) is 6.49. The van der Waals surface area contributed by atoms with Crippen LogP contribution in [0.3, 0.4) is 0 Å². The Morgan fingerprint density at radius 3 is 2.24 bits per heavy atom. The fraction of sp³-hybridized carbons (Fsp3) is 0.484. The molecule has 2 aromatic rings. The van der Waals surface area contributed by atoms with Crippen LogP contribution in [0.25, 0.3) is 0 Å². The molecule has 0 radical (unpaired) electrons. The lowest BCUT2D eigenvalue weighted by Crippen LogP contribution is -2.22. The topological polar surface area (TPSA) is 96.7 Å². The SMILES string of the molecule is CC(C)=CC(=N)C(=O)Nc1ccc(CN2CCC(O)C2)cc1.CCC(C)C.CCc1cc(O)ccc1C. The van der Waals surface area contributed by atoms with Crippen molar-refractivity contribution in [3.63, 3.8) is 0 Å². The van der Waals surface area contributed by atoms with Crippen LogP contribution in [0.1, 0.15) is 71.1 Å². The minimum atomic E-state index is -0.406. The van der Waals surface area contributed by atoms with Gasteiger partial charge in [-0.1, -0.05) is 57.9 Å². The van der Waals surface area contributed by atoms with Crippen LogP contribution in [0.2, 0.25) is 0 Å².